The lowest BCUT2D eigenvalue weighted by atomic mass is 9.90. The van der Waals surface area contributed by atoms with Gasteiger partial charge in [0.2, 0.25) is 5.91 Å². The SMILES string of the molecule is CC1CCCNC1CC(=O)N(C)Cc1ccc(F)cc1. The zero-order valence-corrected chi connectivity index (χ0v) is 12.2. The van der Waals surface area contributed by atoms with Crippen LogP contribution in [0.4, 0.5) is 4.39 Å². The van der Waals surface area contributed by atoms with E-state index in [-0.39, 0.29) is 17.8 Å². The van der Waals surface area contributed by atoms with Gasteiger partial charge < -0.3 is 10.2 Å². The third kappa shape index (κ3) is 4.04. The smallest absolute Gasteiger partial charge is 0.224 e. The topological polar surface area (TPSA) is 32.3 Å². The van der Waals surface area contributed by atoms with E-state index in [9.17, 15) is 9.18 Å². The van der Waals surface area contributed by atoms with E-state index < -0.39 is 0 Å². The minimum absolute atomic E-state index is 0.139. The number of carbonyl (C=O) groups excluding carboxylic acids is 1. The van der Waals surface area contributed by atoms with Crippen molar-refractivity contribution in [1.82, 2.24) is 10.2 Å². The number of amides is 1. The quantitative estimate of drug-likeness (QED) is 0.918. The predicted molar refractivity (Wildman–Crippen MR) is 77.7 cm³/mol. The van der Waals surface area contributed by atoms with Crippen LogP contribution in [0, 0.1) is 11.7 Å². The van der Waals surface area contributed by atoms with Crippen LogP contribution in [0.15, 0.2) is 24.3 Å². The van der Waals surface area contributed by atoms with E-state index in [1.807, 2.05) is 0 Å². The van der Waals surface area contributed by atoms with E-state index in [0.29, 0.717) is 18.9 Å². The molecular weight excluding hydrogens is 255 g/mol. The molecule has 1 aromatic carbocycles. The maximum Gasteiger partial charge on any atom is 0.224 e. The van der Waals surface area contributed by atoms with Crippen molar-refractivity contribution in [2.45, 2.75) is 38.8 Å². The van der Waals surface area contributed by atoms with Gasteiger partial charge in [-0.1, -0.05) is 19.1 Å². The van der Waals surface area contributed by atoms with Gasteiger partial charge in [-0.15, -0.1) is 0 Å². The Balaban J connectivity index is 1.86. The van der Waals surface area contributed by atoms with Crippen LogP contribution in [0.25, 0.3) is 0 Å². The van der Waals surface area contributed by atoms with Crippen molar-refractivity contribution < 1.29 is 9.18 Å². The summed E-state index contributed by atoms with van der Waals surface area (Å²) in [6.07, 6.45) is 2.92. The highest BCUT2D eigenvalue weighted by Gasteiger charge is 2.24. The van der Waals surface area contributed by atoms with Gasteiger partial charge in [0, 0.05) is 26.1 Å². The summed E-state index contributed by atoms with van der Waals surface area (Å²) in [4.78, 5) is 14.0. The molecule has 0 aromatic heterocycles. The maximum atomic E-state index is 12.8. The minimum atomic E-state index is -0.247. The van der Waals surface area contributed by atoms with Gasteiger partial charge in [0.1, 0.15) is 5.82 Å². The summed E-state index contributed by atoms with van der Waals surface area (Å²) >= 11 is 0. The van der Waals surface area contributed by atoms with Crippen molar-refractivity contribution in [2.24, 2.45) is 5.92 Å². The van der Waals surface area contributed by atoms with E-state index in [1.165, 1.54) is 25.0 Å². The highest BCUT2D eigenvalue weighted by molar-refractivity contribution is 5.76. The molecule has 1 aromatic rings. The molecule has 2 unspecified atom stereocenters. The van der Waals surface area contributed by atoms with E-state index in [2.05, 4.69) is 12.2 Å². The Morgan fingerprint density at radius 3 is 2.75 bits per heavy atom. The van der Waals surface area contributed by atoms with Crippen molar-refractivity contribution in [3.8, 4) is 0 Å². The highest BCUT2D eigenvalue weighted by atomic mass is 19.1. The molecule has 20 heavy (non-hydrogen) atoms. The minimum Gasteiger partial charge on any atom is -0.341 e. The Morgan fingerprint density at radius 1 is 1.40 bits per heavy atom. The number of nitrogens with zero attached hydrogens (tertiary/aromatic N) is 1. The number of piperidine rings is 1. The maximum absolute atomic E-state index is 12.8. The number of rotatable bonds is 4. The second-order valence-corrected chi connectivity index (χ2v) is 5.76. The van der Waals surface area contributed by atoms with Crippen molar-refractivity contribution in [3.63, 3.8) is 0 Å². The molecule has 3 nitrogen and oxygen atoms in total. The standard InChI is InChI=1S/C16H23FN2O/c1-12-4-3-9-18-15(12)10-16(20)19(2)11-13-5-7-14(17)8-6-13/h5-8,12,15,18H,3-4,9-11H2,1-2H3. The molecule has 1 amide bonds. The number of halogens is 1. The van der Waals surface area contributed by atoms with Crippen molar-refractivity contribution >= 4 is 5.91 Å². The third-order valence-electron chi connectivity index (χ3n) is 4.08. The van der Waals surface area contributed by atoms with E-state index >= 15 is 0 Å². The van der Waals surface area contributed by atoms with Crippen LogP contribution < -0.4 is 5.32 Å². The number of hydrogen-bond donors (Lipinski definition) is 1. The Bertz CT molecular complexity index is 446. The van der Waals surface area contributed by atoms with Gasteiger partial charge in [-0.3, -0.25) is 4.79 Å². The number of nitrogens with one attached hydrogen (secondary N) is 1. The first-order valence-electron chi connectivity index (χ1n) is 7.28. The lowest BCUT2D eigenvalue weighted by Gasteiger charge is -2.31. The fourth-order valence-corrected chi connectivity index (χ4v) is 2.68. The summed E-state index contributed by atoms with van der Waals surface area (Å²) in [7, 11) is 1.80. The molecular formula is C16H23FN2O. The first-order valence-corrected chi connectivity index (χ1v) is 7.28. The van der Waals surface area contributed by atoms with Crippen molar-refractivity contribution in [3.05, 3.63) is 35.6 Å². The lowest BCUT2D eigenvalue weighted by molar-refractivity contribution is -0.131. The van der Waals surface area contributed by atoms with Gasteiger partial charge in [-0.25, -0.2) is 4.39 Å². The Hall–Kier alpha value is -1.42. The fourth-order valence-electron chi connectivity index (χ4n) is 2.68. The number of benzene rings is 1. The van der Waals surface area contributed by atoms with Crippen molar-refractivity contribution in [1.29, 1.82) is 0 Å². The van der Waals surface area contributed by atoms with Crippen LogP contribution in [0.3, 0.4) is 0 Å². The van der Waals surface area contributed by atoms with Gasteiger partial charge in [-0.2, -0.15) is 0 Å². The van der Waals surface area contributed by atoms with Crippen LogP contribution in [-0.4, -0.2) is 30.4 Å². The summed E-state index contributed by atoms with van der Waals surface area (Å²) < 4.78 is 12.8. The molecule has 0 bridgehead atoms. The average molecular weight is 278 g/mol. The van der Waals surface area contributed by atoms with Crippen LogP contribution in [0.2, 0.25) is 0 Å². The van der Waals surface area contributed by atoms with Gasteiger partial charge in [0.25, 0.3) is 0 Å². The summed E-state index contributed by atoms with van der Waals surface area (Å²) in [6.45, 7) is 3.73. The van der Waals surface area contributed by atoms with E-state index in [1.54, 1.807) is 24.1 Å². The van der Waals surface area contributed by atoms with Gasteiger partial charge in [0.05, 0.1) is 0 Å². The van der Waals surface area contributed by atoms with Gasteiger partial charge in [0.15, 0.2) is 0 Å². The van der Waals surface area contributed by atoms with Gasteiger partial charge in [-0.05, 0) is 43.0 Å². The molecule has 0 saturated carbocycles. The molecule has 1 N–H and O–H groups in total. The molecule has 1 aliphatic heterocycles. The summed E-state index contributed by atoms with van der Waals surface area (Å²) in [5.74, 6) is 0.440. The first-order chi connectivity index (χ1) is 9.56. The van der Waals surface area contributed by atoms with E-state index in [4.69, 9.17) is 0 Å². The average Bonchev–Trinajstić information content (AvgIpc) is 2.44. The predicted octanol–water partition coefficient (Wildman–Crippen LogP) is 2.56. The van der Waals surface area contributed by atoms with Gasteiger partial charge >= 0.3 is 0 Å². The molecule has 0 spiro atoms. The second-order valence-electron chi connectivity index (χ2n) is 5.76. The largest absolute Gasteiger partial charge is 0.341 e. The zero-order chi connectivity index (χ0) is 14.5. The van der Waals surface area contributed by atoms with Crippen LogP contribution >= 0.6 is 0 Å². The molecule has 0 aliphatic carbocycles. The molecule has 1 heterocycles. The molecule has 110 valence electrons. The Labute approximate surface area is 120 Å². The molecule has 2 atom stereocenters. The molecule has 0 radical (unpaired) electrons. The molecule has 4 heteroatoms. The molecule has 1 fully saturated rings. The normalized spacial score (nSPS) is 22.6. The Kier molecular flexibility index (Phi) is 5.12. The molecule has 1 aliphatic rings. The summed E-state index contributed by atoms with van der Waals surface area (Å²) in [5, 5.41) is 3.43. The summed E-state index contributed by atoms with van der Waals surface area (Å²) in [5.41, 5.74) is 0.951. The monoisotopic (exact) mass is 278 g/mol. The fraction of sp³-hybridized carbons (Fsp3) is 0.562. The number of carbonyl (C=O) groups is 1. The second kappa shape index (κ2) is 6.84. The zero-order valence-electron chi connectivity index (χ0n) is 12.2. The Morgan fingerprint density at radius 2 is 2.10 bits per heavy atom. The third-order valence-corrected chi connectivity index (χ3v) is 4.08. The summed E-state index contributed by atoms with van der Waals surface area (Å²) in [6, 6.07) is 6.59. The van der Waals surface area contributed by atoms with Crippen LogP contribution in [0.1, 0.15) is 31.7 Å². The molecule has 2 rings (SSSR count). The van der Waals surface area contributed by atoms with Crippen LogP contribution in [-0.2, 0) is 11.3 Å². The van der Waals surface area contributed by atoms with E-state index in [0.717, 1.165) is 12.1 Å². The van der Waals surface area contributed by atoms with Crippen molar-refractivity contribution in [2.75, 3.05) is 13.6 Å². The number of hydrogen-bond acceptors (Lipinski definition) is 2. The lowest BCUT2D eigenvalue weighted by Crippen LogP contribution is -2.43. The van der Waals surface area contributed by atoms with Crippen LogP contribution in [0.5, 0.6) is 0 Å². The molecule has 1 saturated heterocycles. The highest BCUT2D eigenvalue weighted by Crippen LogP contribution is 2.19. The first kappa shape index (κ1) is 15.0.